The molecular weight excluding hydrogens is 481 g/mol. The van der Waals surface area contributed by atoms with Gasteiger partial charge in [0.2, 0.25) is 5.91 Å². The van der Waals surface area contributed by atoms with Crippen LogP contribution in [0.2, 0.25) is 0 Å². The van der Waals surface area contributed by atoms with Gasteiger partial charge < -0.3 is 19.8 Å². The maximum absolute atomic E-state index is 13.6. The summed E-state index contributed by atoms with van der Waals surface area (Å²) >= 11 is 0. The smallest absolute Gasteiger partial charge is 0.435 e. The molecule has 3 heterocycles. The summed E-state index contributed by atoms with van der Waals surface area (Å²) in [5, 5.41) is 9.79. The maximum Gasteiger partial charge on any atom is 0.435 e. The third kappa shape index (κ3) is 5.52. The van der Waals surface area contributed by atoms with E-state index in [-0.39, 0.29) is 50.1 Å². The molecule has 1 fully saturated rings. The zero-order valence-corrected chi connectivity index (χ0v) is 18.3. The van der Waals surface area contributed by atoms with Crippen LogP contribution in [0.4, 0.5) is 22.0 Å². The molecule has 1 aromatic heterocycles. The molecule has 188 valence electrons. The SMILES string of the molecule is Cc1cc(C(F)(F)F)nn1CC(=O)N1CC(NC(=O)C2=NOC(COc3c(F)cccc3F)C2)C1. The van der Waals surface area contributed by atoms with Crippen molar-refractivity contribution in [2.75, 3.05) is 19.7 Å². The number of ether oxygens (including phenoxy) is 1. The van der Waals surface area contributed by atoms with E-state index >= 15 is 0 Å². The molecule has 2 aliphatic heterocycles. The van der Waals surface area contributed by atoms with Crippen molar-refractivity contribution < 1.29 is 41.1 Å². The molecule has 0 radical (unpaired) electrons. The molecule has 9 nitrogen and oxygen atoms in total. The average Bonchev–Trinajstić information content (AvgIpc) is 3.37. The fourth-order valence-electron chi connectivity index (χ4n) is 3.53. The Kier molecular flexibility index (Phi) is 6.63. The zero-order chi connectivity index (χ0) is 25.3. The number of rotatable bonds is 7. The summed E-state index contributed by atoms with van der Waals surface area (Å²) in [6.45, 7) is 1.18. The topological polar surface area (TPSA) is 98.1 Å². The number of benzene rings is 1. The normalized spacial score (nSPS) is 18.1. The van der Waals surface area contributed by atoms with Gasteiger partial charge in [0, 0.05) is 25.2 Å². The Morgan fingerprint density at radius 2 is 1.91 bits per heavy atom. The van der Waals surface area contributed by atoms with E-state index in [1.807, 2.05) is 0 Å². The summed E-state index contributed by atoms with van der Waals surface area (Å²) in [7, 11) is 0. The highest BCUT2D eigenvalue weighted by Gasteiger charge is 2.37. The summed E-state index contributed by atoms with van der Waals surface area (Å²) < 4.78 is 71.6. The molecule has 0 saturated carbocycles. The Morgan fingerprint density at radius 3 is 2.54 bits per heavy atom. The summed E-state index contributed by atoms with van der Waals surface area (Å²) in [6.07, 6.45) is -5.26. The van der Waals surface area contributed by atoms with Gasteiger partial charge in [-0.2, -0.15) is 18.3 Å². The van der Waals surface area contributed by atoms with E-state index in [1.165, 1.54) is 17.9 Å². The van der Waals surface area contributed by atoms with Crippen molar-refractivity contribution in [1.29, 1.82) is 0 Å². The first-order chi connectivity index (χ1) is 16.5. The molecule has 1 saturated heterocycles. The lowest BCUT2D eigenvalue weighted by Gasteiger charge is -2.39. The third-order valence-electron chi connectivity index (χ3n) is 5.45. The van der Waals surface area contributed by atoms with Gasteiger partial charge in [-0.1, -0.05) is 11.2 Å². The molecule has 0 spiro atoms. The lowest BCUT2D eigenvalue weighted by Crippen LogP contribution is -2.62. The number of carbonyl (C=O) groups is 2. The molecule has 4 rings (SSSR count). The number of amides is 2. The Balaban J connectivity index is 1.20. The molecule has 35 heavy (non-hydrogen) atoms. The number of hydrogen-bond acceptors (Lipinski definition) is 6. The van der Waals surface area contributed by atoms with Gasteiger partial charge in [0.15, 0.2) is 29.2 Å². The molecule has 1 N–H and O–H groups in total. The van der Waals surface area contributed by atoms with Crippen molar-refractivity contribution in [3.63, 3.8) is 0 Å². The minimum Gasteiger partial charge on any atom is -0.484 e. The number of halogens is 5. The minimum absolute atomic E-state index is 0.0530. The van der Waals surface area contributed by atoms with Crippen LogP contribution in [0.1, 0.15) is 17.8 Å². The number of likely N-dealkylation sites (tertiary alicyclic amines) is 1. The van der Waals surface area contributed by atoms with Crippen molar-refractivity contribution in [3.05, 3.63) is 47.3 Å². The van der Waals surface area contributed by atoms with Crippen molar-refractivity contribution in [2.45, 2.75) is 38.2 Å². The molecule has 2 amide bonds. The Labute approximate surface area is 195 Å². The molecule has 14 heteroatoms. The first-order valence-corrected chi connectivity index (χ1v) is 10.5. The predicted molar refractivity (Wildman–Crippen MR) is 109 cm³/mol. The number of alkyl halides is 3. The number of aromatic nitrogens is 2. The van der Waals surface area contributed by atoms with E-state index in [0.29, 0.717) is 0 Å². The second-order valence-corrected chi connectivity index (χ2v) is 8.13. The van der Waals surface area contributed by atoms with Crippen LogP contribution in [-0.2, 0) is 27.1 Å². The largest absolute Gasteiger partial charge is 0.484 e. The predicted octanol–water partition coefficient (Wildman–Crippen LogP) is 2.04. The van der Waals surface area contributed by atoms with Gasteiger partial charge in [-0.25, -0.2) is 8.78 Å². The van der Waals surface area contributed by atoms with Crippen LogP contribution < -0.4 is 10.1 Å². The number of oxime groups is 1. The molecule has 1 unspecified atom stereocenters. The molecule has 0 bridgehead atoms. The number of para-hydroxylation sites is 1. The van der Waals surface area contributed by atoms with E-state index in [9.17, 15) is 31.5 Å². The van der Waals surface area contributed by atoms with Crippen LogP contribution in [0.15, 0.2) is 29.4 Å². The van der Waals surface area contributed by atoms with Crippen LogP contribution in [0.5, 0.6) is 5.75 Å². The molecule has 2 aliphatic rings. The van der Waals surface area contributed by atoms with Crippen molar-refractivity contribution in [2.24, 2.45) is 5.16 Å². The fraction of sp³-hybridized carbons (Fsp3) is 0.429. The van der Waals surface area contributed by atoms with E-state index in [4.69, 9.17) is 9.57 Å². The second kappa shape index (κ2) is 9.50. The zero-order valence-electron chi connectivity index (χ0n) is 18.3. The monoisotopic (exact) mass is 501 g/mol. The van der Waals surface area contributed by atoms with Crippen LogP contribution >= 0.6 is 0 Å². The van der Waals surface area contributed by atoms with E-state index < -0.39 is 47.2 Å². The molecular formula is C21H20F5N5O4. The minimum atomic E-state index is -4.60. The summed E-state index contributed by atoms with van der Waals surface area (Å²) in [4.78, 5) is 31.2. The van der Waals surface area contributed by atoms with Crippen LogP contribution in [0.25, 0.3) is 0 Å². The highest BCUT2D eigenvalue weighted by atomic mass is 19.4. The Morgan fingerprint density at radius 1 is 1.23 bits per heavy atom. The number of nitrogens with zero attached hydrogens (tertiary/aromatic N) is 4. The van der Waals surface area contributed by atoms with Gasteiger partial charge >= 0.3 is 6.18 Å². The van der Waals surface area contributed by atoms with Crippen molar-refractivity contribution in [3.8, 4) is 5.75 Å². The van der Waals surface area contributed by atoms with Gasteiger partial charge in [-0.3, -0.25) is 14.3 Å². The van der Waals surface area contributed by atoms with Gasteiger partial charge in [-0.05, 0) is 25.1 Å². The number of aryl methyl sites for hydroxylation is 1. The maximum atomic E-state index is 13.6. The summed E-state index contributed by atoms with van der Waals surface area (Å²) in [5.41, 5.74) is -0.811. The van der Waals surface area contributed by atoms with Crippen LogP contribution in [-0.4, -0.2) is 64.0 Å². The first kappa shape index (κ1) is 24.4. The van der Waals surface area contributed by atoms with Gasteiger partial charge in [0.25, 0.3) is 5.91 Å². The van der Waals surface area contributed by atoms with Crippen molar-refractivity contribution >= 4 is 17.5 Å². The quantitative estimate of drug-likeness (QED) is 0.586. The lowest BCUT2D eigenvalue weighted by molar-refractivity contribution is -0.142. The number of carbonyl (C=O) groups excluding carboxylic acids is 2. The molecule has 0 aliphatic carbocycles. The van der Waals surface area contributed by atoms with Gasteiger partial charge in [0.1, 0.15) is 18.9 Å². The van der Waals surface area contributed by atoms with E-state index in [1.54, 1.807) is 0 Å². The fourth-order valence-corrected chi connectivity index (χ4v) is 3.53. The molecule has 2 aromatic rings. The summed E-state index contributed by atoms with van der Waals surface area (Å²) in [6, 6.07) is 3.79. The second-order valence-electron chi connectivity index (χ2n) is 8.13. The number of hydrogen-bond donors (Lipinski definition) is 1. The third-order valence-corrected chi connectivity index (χ3v) is 5.45. The Bertz CT molecular complexity index is 1140. The highest BCUT2D eigenvalue weighted by molar-refractivity contribution is 6.39. The molecule has 1 aromatic carbocycles. The molecule has 1 atom stereocenters. The van der Waals surface area contributed by atoms with Gasteiger partial charge in [0.05, 0.1) is 6.04 Å². The van der Waals surface area contributed by atoms with E-state index in [2.05, 4.69) is 15.6 Å². The van der Waals surface area contributed by atoms with Crippen molar-refractivity contribution in [1.82, 2.24) is 20.0 Å². The lowest BCUT2D eigenvalue weighted by atomic mass is 10.1. The Hall–Kier alpha value is -3.71. The number of nitrogens with one attached hydrogen (secondary N) is 1. The van der Waals surface area contributed by atoms with Crippen LogP contribution in [0, 0.1) is 18.6 Å². The first-order valence-electron chi connectivity index (χ1n) is 10.5. The van der Waals surface area contributed by atoms with E-state index in [0.717, 1.165) is 22.9 Å². The standard InChI is InChI=1S/C21H20F5N5O4/c1-11-5-17(21(24,25)26)28-31(11)9-18(32)30-7-12(8-30)27-20(33)16-6-13(35-29-16)10-34-19-14(22)3-2-4-15(19)23/h2-5,12-13H,6-10H2,1H3,(H,27,33). The highest BCUT2D eigenvalue weighted by Crippen LogP contribution is 2.28. The average molecular weight is 501 g/mol. The van der Waals surface area contributed by atoms with Gasteiger partial charge in [-0.15, -0.1) is 0 Å². The van der Waals surface area contributed by atoms with Crippen LogP contribution in [0.3, 0.4) is 0 Å². The summed E-state index contributed by atoms with van der Waals surface area (Å²) in [5.74, 6) is -3.24.